The molecule has 0 aliphatic carbocycles. The predicted molar refractivity (Wildman–Crippen MR) is 135 cm³/mol. The van der Waals surface area contributed by atoms with Crippen LogP contribution < -0.4 is 5.32 Å². The van der Waals surface area contributed by atoms with Gasteiger partial charge in [0, 0.05) is 52.4 Å². The summed E-state index contributed by atoms with van der Waals surface area (Å²) in [7, 11) is 2.17. The molecule has 1 aromatic carbocycles. The highest BCUT2D eigenvalue weighted by atomic mass is 15.3. The first-order valence-corrected chi connectivity index (χ1v) is 11.5. The van der Waals surface area contributed by atoms with E-state index in [2.05, 4.69) is 73.0 Å². The van der Waals surface area contributed by atoms with Gasteiger partial charge in [-0.25, -0.2) is 9.97 Å². The smallest absolute Gasteiger partial charge is 0.227 e. The molecule has 0 radical (unpaired) electrons. The molecule has 170 valence electrons. The predicted octanol–water partition coefficient (Wildman–Crippen LogP) is 4.72. The quantitative estimate of drug-likeness (QED) is 0.403. The lowest BCUT2D eigenvalue weighted by atomic mass is 10.0. The third kappa shape index (κ3) is 3.82. The number of hydrogen-bond acceptors (Lipinski definition) is 6. The van der Waals surface area contributed by atoms with Gasteiger partial charge in [0.2, 0.25) is 5.95 Å². The highest BCUT2D eigenvalue weighted by molar-refractivity contribution is 5.96. The summed E-state index contributed by atoms with van der Waals surface area (Å²) in [6.07, 6.45) is 13.6. The zero-order chi connectivity index (χ0) is 23.1. The van der Waals surface area contributed by atoms with Crippen molar-refractivity contribution in [2.24, 2.45) is 0 Å². The van der Waals surface area contributed by atoms with Gasteiger partial charge in [-0.1, -0.05) is 18.7 Å². The Morgan fingerprint density at radius 1 is 1.12 bits per heavy atom. The first-order chi connectivity index (χ1) is 16.6. The number of hydrogen-bond donors (Lipinski definition) is 2. The average molecular weight is 451 g/mol. The van der Waals surface area contributed by atoms with E-state index in [0.717, 1.165) is 70.1 Å². The van der Waals surface area contributed by atoms with Crippen LogP contribution in [0.1, 0.15) is 24.4 Å². The number of rotatable bonds is 5. The Labute approximate surface area is 197 Å². The molecular weight excluding hydrogens is 424 g/mol. The number of piperidine rings is 1. The summed E-state index contributed by atoms with van der Waals surface area (Å²) in [5.41, 5.74) is 5.68. The van der Waals surface area contributed by atoms with Crippen LogP contribution in [0.4, 0.5) is 5.95 Å². The molecule has 1 fully saturated rings. The minimum Gasteiger partial charge on any atom is -0.360 e. The lowest BCUT2D eigenvalue weighted by Crippen LogP contribution is -2.31. The molecule has 0 spiro atoms. The molecule has 6 rings (SSSR count). The molecule has 0 bridgehead atoms. The average Bonchev–Trinajstić information content (AvgIpc) is 3.54. The first-order valence-electron chi connectivity index (χ1n) is 11.5. The maximum atomic E-state index is 4.76. The van der Waals surface area contributed by atoms with Crippen molar-refractivity contribution in [2.45, 2.75) is 18.9 Å². The summed E-state index contributed by atoms with van der Waals surface area (Å²) < 4.78 is 2.07. The van der Waals surface area contributed by atoms with Crippen LogP contribution in [-0.2, 0) is 0 Å². The van der Waals surface area contributed by atoms with Gasteiger partial charge in [0.25, 0.3) is 0 Å². The number of benzene rings is 1. The Balaban J connectivity index is 1.24. The van der Waals surface area contributed by atoms with Gasteiger partial charge in [-0.3, -0.25) is 9.67 Å². The van der Waals surface area contributed by atoms with E-state index in [4.69, 9.17) is 4.98 Å². The van der Waals surface area contributed by atoms with Crippen LogP contribution in [0.3, 0.4) is 0 Å². The van der Waals surface area contributed by atoms with Crippen molar-refractivity contribution < 1.29 is 0 Å². The van der Waals surface area contributed by atoms with Gasteiger partial charge in [-0.2, -0.15) is 5.10 Å². The molecule has 1 aliphatic rings. The molecular formula is C26H26N8. The SMILES string of the molecule is C=C(Nc1ncc2ccc(-c3cncc4[nH]ccc34)cc2n1)c1cnn(C2CCN(C)CC2)c1. The van der Waals surface area contributed by atoms with Gasteiger partial charge in [0.15, 0.2) is 0 Å². The Morgan fingerprint density at radius 2 is 2.00 bits per heavy atom. The fourth-order valence-electron chi connectivity index (χ4n) is 4.62. The van der Waals surface area contributed by atoms with Gasteiger partial charge in [-0.15, -0.1) is 0 Å². The Bertz CT molecular complexity index is 1490. The van der Waals surface area contributed by atoms with Crippen LogP contribution >= 0.6 is 0 Å². The number of nitrogens with one attached hydrogen (secondary N) is 2. The third-order valence-electron chi connectivity index (χ3n) is 6.65. The molecule has 4 aromatic heterocycles. The van der Waals surface area contributed by atoms with E-state index >= 15 is 0 Å². The van der Waals surface area contributed by atoms with E-state index < -0.39 is 0 Å². The van der Waals surface area contributed by atoms with Crippen LogP contribution in [0.2, 0.25) is 0 Å². The monoisotopic (exact) mass is 450 g/mol. The molecule has 8 nitrogen and oxygen atoms in total. The molecule has 8 heteroatoms. The molecule has 0 unspecified atom stereocenters. The molecule has 34 heavy (non-hydrogen) atoms. The first kappa shape index (κ1) is 20.6. The molecule has 2 N–H and O–H groups in total. The largest absolute Gasteiger partial charge is 0.360 e. The maximum Gasteiger partial charge on any atom is 0.227 e. The number of H-pyrrole nitrogens is 1. The molecule has 1 saturated heterocycles. The van der Waals surface area contributed by atoms with Gasteiger partial charge in [0.05, 0.1) is 29.5 Å². The van der Waals surface area contributed by atoms with Crippen molar-refractivity contribution in [1.82, 2.24) is 34.6 Å². The van der Waals surface area contributed by atoms with Crippen molar-refractivity contribution in [3.8, 4) is 11.1 Å². The molecule has 0 amide bonds. The van der Waals surface area contributed by atoms with Crippen LogP contribution in [0.5, 0.6) is 0 Å². The van der Waals surface area contributed by atoms with Crippen LogP contribution in [0, 0.1) is 0 Å². The molecule has 5 heterocycles. The number of aromatic amines is 1. The van der Waals surface area contributed by atoms with E-state index in [1.165, 1.54) is 0 Å². The Hall–Kier alpha value is -4.04. The van der Waals surface area contributed by atoms with Crippen molar-refractivity contribution in [3.63, 3.8) is 0 Å². The number of fused-ring (bicyclic) bond motifs is 2. The topological polar surface area (TPSA) is 87.5 Å². The summed E-state index contributed by atoms with van der Waals surface area (Å²) in [6.45, 7) is 6.40. The number of likely N-dealkylation sites (tertiary alicyclic amines) is 1. The minimum absolute atomic E-state index is 0.437. The van der Waals surface area contributed by atoms with E-state index in [0.29, 0.717) is 12.0 Å². The maximum absolute atomic E-state index is 4.76. The van der Waals surface area contributed by atoms with E-state index in [1.54, 1.807) is 0 Å². The zero-order valence-corrected chi connectivity index (χ0v) is 19.1. The van der Waals surface area contributed by atoms with Crippen molar-refractivity contribution >= 4 is 33.5 Å². The molecule has 0 atom stereocenters. The Morgan fingerprint density at radius 3 is 2.88 bits per heavy atom. The van der Waals surface area contributed by atoms with Crippen LogP contribution in [0.15, 0.2) is 68.0 Å². The minimum atomic E-state index is 0.437. The van der Waals surface area contributed by atoms with Gasteiger partial charge in [0.1, 0.15) is 0 Å². The van der Waals surface area contributed by atoms with Crippen molar-refractivity contribution in [1.29, 1.82) is 0 Å². The number of anilines is 1. The standard InChI is InChI=1S/C26H26N8/c1-17(20-13-30-34(16-20)21-6-9-33(2)10-7-21)31-26-29-12-19-4-3-18(11-24(19)32-26)23-14-27-15-25-22(23)5-8-28-25/h3-5,8,11-16,21,28H,1,6-7,9-10H2,2H3,(H,29,31,32). The number of nitrogens with zero attached hydrogens (tertiary/aromatic N) is 6. The Kier molecular flexibility index (Phi) is 5.07. The van der Waals surface area contributed by atoms with Gasteiger partial charge >= 0.3 is 0 Å². The summed E-state index contributed by atoms with van der Waals surface area (Å²) in [5.74, 6) is 0.514. The van der Waals surface area contributed by atoms with E-state index in [9.17, 15) is 0 Å². The lowest BCUT2D eigenvalue weighted by Gasteiger charge is -2.28. The third-order valence-corrected chi connectivity index (χ3v) is 6.65. The van der Waals surface area contributed by atoms with Crippen molar-refractivity contribution in [2.75, 3.05) is 25.5 Å². The summed E-state index contributed by atoms with van der Waals surface area (Å²) in [6, 6.07) is 8.71. The fourth-order valence-corrected chi connectivity index (χ4v) is 4.62. The lowest BCUT2D eigenvalue weighted by molar-refractivity contribution is 0.212. The second-order valence-corrected chi connectivity index (χ2v) is 8.94. The zero-order valence-electron chi connectivity index (χ0n) is 19.1. The molecule has 0 saturated carbocycles. The van der Waals surface area contributed by atoms with Gasteiger partial charge in [-0.05, 0) is 50.7 Å². The highest BCUT2D eigenvalue weighted by Gasteiger charge is 2.19. The van der Waals surface area contributed by atoms with Gasteiger partial charge < -0.3 is 15.2 Å². The highest BCUT2D eigenvalue weighted by Crippen LogP contribution is 2.29. The molecule has 5 aromatic rings. The number of aromatic nitrogens is 6. The fraction of sp³-hybridized carbons (Fsp3) is 0.231. The van der Waals surface area contributed by atoms with Crippen LogP contribution in [0.25, 0.3) is 38.6 Å². The summed E-state index contributed by atoms with van der Waals surface area (Å²) in [4.78, 5) is 19.2. The van der Waals surface area contributed by atoms with E-state index in [-0.39, 0.29) is 0 Å². The second kappa shape index (κ2) is 8.39. The molecule has 1 aliphatic heterocycles. The second-order valence-electron chi connectivity index (χ2n) is 8.94. The van der Waals surface area contributed by atoms with Crippen LogP contribution in [-0.4, -0.2) is 54.8 Å². The van der Waals surface area contributed by atoms with E-state index in [1.807, 2.05) is 37.1 Å². The summed E-state index contributed by atoms with van der Waals surface area (Å²) >= 11 is 0. The van der Waals surface area contributed by atoms with Crippen molar-refractivity contribution in [3.05, 3.63) is 73.6 Å². The number of pyridine rings is 1. The summed E-state index contributed by atoms with van der Waals surface area (Å²) in [5, 5.41) is 9.97. The normalized spacial score (nSPS) is 15.2.